The van der Waals surface area contributed by atoms with E-state index in [2.05, 4.69) is 0 Å². The standard InChI is InChI=1S/C13H16N2O3/c1-2-9(14)12(16)15-10-6-4-3-5-8(10)7-11(15)13(17)18/h3-6,9,11H,2,7,14H2,1H3,(H,17,18)/t9?,11-/m0/s1. The average molecular weight is 248 g/mol. The number of carboxylic acids is 1. The maximum Gasteiger partial charge on any atom is 0.327 e. The zero-order valence-corrected chi connectivity index (χ0v) is 10.2. The second kappa shape index (κ2) is 4.78. The van der Waals surface area contributed by atoms with E-state index < -0.39 is 18.1 Å². The number of para-hydroxylation sites is 1. The lowest BCUT2D eigenvalue weighted by Crippen LogP contribution is -2.49. The molecule has 1 heterocycles. The minimum Gasteiger partial charge on any atom is -0.480 e. The number of carboxylic acid groups (broad SMARTS) is 1. The fourth-order valence-corrected chi connectivity index (χ4v) is 2.21. The van der Waals surface area contributed by atoms with Gasteiger partial charge >= 0.3 is 5.97 Å². The van der Waals surface area contributed by atoms with Crippen LogP contribution in [0.1, 0.15) is 18.9 Å². The van der Waals surface area contributed by atoms with Crippen LogP contribution in [0.25, 0.3) is 0 Å². The zero-order valence-electron chi connectivity index (χ0n) is 10.2. The molecule has 18 heavy (non-hydrogen) atoms. The number of hydrogen-bond donors (Lipinski definition) is 2. The Morgan fingerprint density at radius 3 is 2.78 bits per heavy atom. The predicted molar refractivity (Wildman–Crippen MR) is 67.3 cm³/mol. The molecule has 5 heteroatoms. The van der Waals surface area contributed by atoms with E-state index in [1.807, 2.05) is 12.1 Å². The Bertz CT molecular complexity index is 487. The first-order valence-corrected chi connectivity index (χ1v) is 5.95. The van der Waals surface area contributed by atoms with Gasteiger partial charge in [0.25, 0.3) is 0 Å². The second-order valence-electron chi connectivity index (χ2n) is 4.41. The quantitative estimate of drug-likeness (QED) is 0.827. The molecule has 1 aromatic carbocycles. The van der Waals surface area contributed by atoms with Crippen LogP contribution in [0.15, 0.2) is 24.3 Å². The van der Waals surface area contributed by atoms with Crippen LogP contribution in [0.2, 0.25) is 0 Å². The van der Waals surface area contributed by atoms with Gasteiger partial charge in [0.05, 0.1) is 6.04 Å². The van der Waals surface area contributed by atoms with Crippen LogP contribution in [0.4, 0.5) is 5.69 Å². The minimum absolute atomic E-state index is 0.324. The number of nitrogens with two attached hydrogens (primary N) is 1. The van der Waals surface area contributed by atoms with Crippen LogP contribution < -0.4 is 10.6 Å². The summed E-state index contributed by atoms with van der Waals surface area (Å²) in [5.41, 5.74) is 7.27. The molecular formula is C13H16N2O3. The number of nitrogens with zero attached hydrogens (tertiary/aromatic N) is 1. The first-order chi connectivity index (χ1) is 8.56. The summed E-state index contributed by atoms with van der Waals surface area (Å²) in [6, 6.07) is 5.74. The van der Waals surface area contributed by atoms with Gasteiger partial charge < -0.3 is 10.8 Å². The Morgan fingerprint density at radius 1 is 1.50 bits per heavy atom. The molecule has 2 atom stereocenters. The summed E-state index contributed by atoms with van der Waals surface area (Å²) in [5, 5.41) is 9.22. The van der Waals surface area contributed by atoms with Gasteiger partial charge in [0.15, 0.2) is 0 Å². The molecule has 96 valence electrons. The molecule has 5 nitrogen and oxygen atoms in total. The summed E-state index contributed by atoms with van der Waals surface area (Å²) in [6.07, 6.45) is 0.831. The van der Waals surface area contributed by atoms with Gasteiger partial charge in [0, 0.05) is 12.1 Å². The van der Waals surface area contributed by atoms with Crippen LogP contribution >= 0.6 is 0 Å². The average Bonchev–Trinajstić information content (AvgIpc) is 2.76. The molecule has 1 amide bonds. The predicted octanol–water partition coefficient (Wildman–Crippen LogP) is 0.766. The van der Waals surface area contributed by atoms with E-state index in [1.165, 1.54) is 4.90 Å². The third kappa shape index (κ3) is 1.97. The Hall–Kier alpha value is -1.88. The molecule has 0 aliphatic carbocycles. The van der Waals surface area contributed by atoms with Crippen LogP contribution in [0, 0.1) is 0 Å². The number of fused-ring (bicyclic) bond motifs is 1. The molecule has 1 unspecified atom stereocenters. The van der Waals surface area contributed by atoms with Crippen molar-refractivity contribution in [3.63, 3.8) is 0 Å². The van der Waals surface area contributed by atoms with Crippen molar-refractivity contribution in [3.8, 4) is 0 Å². The van der Waals surface area contributed by atoms with Crippen LogP contribution in [0.5, 0.6) is 0 Å². The van der Waals surface area contributed by atoms with E-state index in [0.29, 0.717) is 18.5 Å². The van der Waals surface area contributed by atoms with Gasteiger partial charge in [-0.05, 0) is 18.1 Å². The molecular weight excluding hydrogens is 232 g/mol. The van der Waals surface area contributed by atoms with Gasteiger partial charge in [-0.1, -0.05) is 25.1 Å². The Kier molecular flexibility index (Phi) is 3.34. The summed E-state index contributed by atoms with van der Waals surface area (Å²) < 4.78 is 0. The Balaban J connectivity index is 2.40. The van der Waals surface area contributed by atoms with Gasteiger partial charge in [-0.3, -0.25) is 9.69 Å². The van der Waals surface area contributed by atoms with E-state index in [9.17, 15) is 14.7 Å². The fraction of sp³-hybridized carbons (Fsp3) is 0.385. The van der Waals surface area contributed by atoms with Crippen molar-refractivity contribution in [2.24, 2.45) is 5.73 Å². The highest BCUT2D eigenvalue weighted by Crippen LogP contribution is 2.32. The van der Waals surface area contributed by atoms with E-state index in [-0.39, 0.29) is 5.91 Å². The topological polar surface area (TPSA) is 83.6 Å². The maximum atomic E-state index is 12.2. The summed E-state index contributed by atoms with van der Waals surface area (Å²) in [6.45, 7) is 1.81. The van der Waals surface area contributed by atoms with Crippen LogP contribution in [-0.4, -0.2) is 29.1 Å². The van der Waals surface area contributed by atoms with Crippen molar-refractivity contribution in [3.05, 3.63) is 29.8 Å². The number of rotatable bonds is 3. The van der Waals surface area contributed by atoms with Gasteiger partial charge in [-0.15, -0.1) is 0 Å². The lowest BCUT2D eigenvalue weighted by Gasteiger charge is -2.25. The highest BCUT2D eigenvalue weighted by Gasteiger charge is 2.39. The zero-order chi connectivity index (χ0) is 13.3. The number of carbonyl (C=O) groups excluding carboxylic acids is 1. The number of benzene rings is 1. The van der Waals surface area contributed by atoms with Crippen molar-refractivity contribution < 1.29 is 14.7 Å². The molecule has 0 fully saturated rings. The van der Waals surface area contributed by atoms with Gasteiger partial charge in [-0.2, -0.15) is 0 Å². The molecule has 1 aliphatic rings. The smallest absolute Gasteiger partial charge is 0.327 e. The lowest BCUT2D eigenvalue weighted by atomic mass is 10.1. The first kappa shape index (κ1) is 12.6. The number of amides is 1. The highest BCUT2D eigenvalue weighted by atomic mass is 16.4. The van der Waals surface area contributed by atoms with Crippen LogP contribution in [0.3, 0.4) is 0 Å². The normalized spacial score (nSPS) is 19.4. The minimum atomic E-state index is -0.997. The molecule has 1 aromatic rings. The summed E-state index contributed by atoms with van der Waals surface area (Å²) in [7, 11) is 0. The molecule has 0 saturated heterocycles. The Morgan fingerprint density at radius 2 is 2.17 bits per heavy atom. The van der Waals surface area contributed by atoms with Crippen molar-refractivity contribution in [2.45, 2.75) is 31.8 Å². The SMILES string of the molecule is CCC(N)C(=O)N1c2ccccc2C[C@H]1C(=O)O. The molecule has 0 radical (unpaired) electrons. The third-order valence-electron chi connectivity index (χ3n) is 3.26. The highest BCUT2D eigenvalue weighted by molar-refractivity contribution is 6.04. The van der Waals surface area contributed by atoms with Gasteiger partial charge in [-0.25, -0.2) is 4.79 Å². The molecule has 0 aromatic heterocycles. The van der Waals surface area contributed by atoms with Crippen molar-refractivity contribution in [2.75, 3.05) is 4.90 Å². The van der Waals surface area contributed by atoms with E-state index in [1.54, 1.807) is 19.1 Å². The molecule has 0 spiro atoms. The number of hydrogen-bond acceptors (Lipinski definition) is 3. The number of carbonyl (C=O) groups is 2. The monoisotopic (exact) mass is 248 g/mol. The number of anilines is 1. The fourth-order valence-electron chi connectivity index (χ4n) is 2.21. The van der Waals surface area contributed by atoms with E-state index in [0.717, 1.165) is 5.56 Å². The van der Waals surface area contributed by atoms with Crippen LogP contribution in [-0.2, 0) is 16.0 Å². The van der Waals surface area contributed by atoms with Crippen molar-refractivity contribution >= 4 is 17.6 Å². The van der Waals surface area contributed by atoms with Gasteiger partial charge in [0.2, 0.25) is 5.91 Å². The summed E-state index contributed by atoms with van der Waals surface area (Å²) >= 11 is 0. The third-order valence-corrected chi connectivity index (χ3v) is 3.26. The Labute approximate surface area is 105 Å². The van der Waals surface area contributed by atoms with E-state index in [4.69, 9.17) is 5.73 Å². The number of aliphatic carboxylic acids is 1. The van der Waals surface area contributed by atoms with E-state index >= 15 is 0 Å². The second-order valence-corrected chi connectivity index (χ2v) is 4.41. The van der Waals surface area contributed by atoms with Crippen molar-refractivity contribution in [1.82, 2.24) is 0 Å². The largest absolute Gasteiger partial charge is 0.480 e. The summed E-state index contributed by atoms with van der Waals surface area (Å²) in [4.78, 5) is 24.8. The molecule has 0 bridgehead atoms. The van der Waals surface area contributed by atoms with Crippen molar-refractivity contribution in [1.29, 1.82) is 0 Å². The first-order valence-electron chi connectivity index (χ1n) is 5.95. The molecule has 1 aliphatic heterocycles. The molecule has 0 saturated carbocycles. The van der Waals surface area contributed by atoms with Gasteiger partial charge in [0.1, 0.15) is 6.04 Å². The summed E-state index contributed by atoms with van der Waals surface area (Å²) in [5.74, 6) is -1.32. The lowest BCUT2D eigenvalue weighted by molar-refractivity contribution is -0.140. The molecule has 3 N–H and O–H groups in total. The maximum absolute atomic E-state index is 12.2. The molecule has 2 rings (SSSR count).